The van der Waals surface area contributed by atoms with Crippen LogP contribution in [0.1, 0.15) is 36.5 Å². The van der Waals surface area contributed by atoms with Gasteiger partial charge in [-0.15, -0.1) is 11.8 Å². The maximum atomic E-state index is 12.4. The lowest BCUT2D eigenvalue weighted by Gasteiger charge is -2.46. The average Bonchev–Trinajstić information content (AvgIpc) is 3.35. The Bertz CT molecular complexity index is 927. The lowest BCUT2D eigenvalue weighted by Crippen LogP contribution is -2.63. The first-order valence-electron chi connectivity index (χ1n) is 9.75. The van der Waals surface area contributed by atoms with Crippen molar-refractivity contribution in [2.45, 2.75) is 44.2 Å². The van der Waals surface area contributed by atoms with Crippen molar-refractivity contribution in [1.29, 1.82) is 0 Å². The average molecular weight is 437 g/mol. The normalized spacial score (nSPS) is 29.8. The minimum absolute atomic E-state index is 0.0409. The zero-order chi connectivity index (χ0) is 21.7. The van der Waals surface area contributed by atoms with Gasteiger partial charge in [0.05, 0.1) is 24.6 Å². The van der Waals surface area contributed by atoms with Crippen molar-refractivity contribution in [3.05, 3.63) is 28.1 Å². The molecule has 1 aromatic heterocycles. The number of carbonyl (C=O) groups excluding carboxylic acids is 1. The number of hydrogen-bond acceptors (Lipinski definition) is 8. The van der Waals surface area contributed by atoms with Crippen molar-refractivity contribution >= 4 is 29.6 Å². The van der Waals surface area contributed by atoms with E-state index in [4.69, 9.17) is 9.63 Å². The van der Waals surface area contributed by atoms with Gasteiger partial charge in [0.2, 0.25) is 5.91 Å². The Morgan fingerprint density at radius 3 is 2.70 bits per heavy atom. The fourth-order valence-corrected chi connectivity index (χ4v) is 6.12. The summed E-state index contributed by atoms with van der Waals surface area (Å²) in [7, 11) is 0. The third kappa shape index (κ3) is 3.40. The molecule has 162 valence electrons. The summed E-state index contributed by atoms with van der Waals surface area (Å²) in [4.78, 5) is 39.4. The van der Waals surface area contributed by atoms with Crippen LogP contribution < -0.4 is 0 Å². The molecular weight excluding hydrogens is 414 g/mol. The van der Waals surface area contributed by atoms with Crippen LogP contribution >= 0.6 is 11.8 Å². The lowest BCUT2D eigenvalue weighted by atomic mass is 9.79. The monoisotopic (exact) mass is 437 g/mol. The quantitative estimate of drug-likeness (QED) is 0.525. The number of aliphatic carboxylic acids is 1. The minimum Gasteiger partial charge on any atom is -0.477 e. The summed E-state index contributed by atoms with van der Waals surface area (Å²) in [5.41, 5.74) is -0.0906. The zero-order valence-electron chi connectivity index (χ0n) is 16.5. The van der Waals surface area contributed by atoms with Gasteiger partial charge in [-0.2, -0.15) is 0 Å². The van der Waals surface area contributed by atoms with Gasteiger partial charge in [0.15, 0.2) is 11.5 Å². The highest BCUT2D eigenvalue weighted by Gasteiger charge is 2.60. The van der Waals surface area contributed by atoms with E-state index < -0.39 is 24.0 Å². The van der Waals surface area contributed by atoms with E-state index in [1.54, 1.807) is 6.92 Å². The molecule has 1 amide bonds. The van der Waals surface area contributed by atoms with Crippen molar-refractivity contribution in [2.24, 2.45) is 11.8 Å². The van der Waals surface area contributed by atoms with Crippen molar-refractivity contribution in [3.63, 3.8) is 0 Å². The number of aromatic carboxylic acids is 1. The Labute approximate surface area is 176 Å². The van der Waals surface area contributed by atoms with Crippen molar-refractivity contribution in [2.75, 3.05) is 13.1 Å². The van der Waals surface area contributed by atoms with Crippen molar-refractivity contribution in [1.82, 2.24) is 15.0 Å². The van der Waals surface area contributed by atoms with Crippen molar-refractivity contribution < 1.29 is 34.2 Å². The summed E-state index contributed by atoms with van der Waals surface area (Å²) in [6.45, 7) is 5.33. The van der Waals surface area contributed by atoms with Gasteiger partial charge in [0, 0.05) is 28.7 Å². The summed E-state index contributed by atoms with van der Waals surface area (Å²) in [6.07, 6.45) is 0.00626. The van der Waals surface area contributed by atoms with E-state index in [2.05, 4.69) is 10.1 Å². The van der Waals surface area contributed by atoms with E-state index in [0.717, 1.165) is 13.0 Å². The van der Waals surface area contributed by atoms with Gasteiger partial charge in [-0.3, -0.25) is 9.69 Å². The number of carboxylic acids is 2. The molecule has 0 radical (unpaired) electrons. The van der Waals surface area contributed by atoms with Gasteiger partial charge in [-0.05, 0) is 19.9 Å². The van der Waals surface area contributed by atoms with E-state index >= 15 is 0 Å². The van der Waals surface area contributed by atoms with E-state index in [0.29, 0.717) is 23.8 Å². The van der Waals surface area contributed by atoms with Gasteiger partial charge in [-0.25, -0.2) is 9.59 Å². The molecule has 3 N–H and O–H groups in total. The Kier molecular flexibility index (Phi) is 5.37. The number of hydrogen-bond donors (Lipinski definition) is 3. The van der Waals surface area contributed by atoms with Crippen LogP contribution in [0.15, 0.2) is 21.2 Å². The molecule has 4 heterocycles. The molecule has 10 nitrogen and oxygen atoms in total. The molecule has 3 aliphatic heterocycles. The predicted octanol–water partition coefficient (Wildman–Crippen LogP) is 0.834. The van der Waals surface area contributed by atoms with Gasteiger partial charge in [0.1, 0.15) is 5.70 Å². The van der Waals surface area contributed by atoms with Crippen LogP contribution in [0.5, 0.6) is 0 Å². The fourth-order valence-electron chi connectivity index (χ4n) is 4.60. The molecule has 0 saturated carbocycles. The first-order chi connectivity index (χ1) is 14.2. The zero-order valence-corrected chi connectivity index (χ0v) is 17.3. The summed E-state index contributed by atoms with van der Waals surface area (Å²) in [5, 5.41) is 32.3. The smallest absolute Gasteiger partial charge is 0.358 e. The van der Waals surface area contributed by atoms with Gasteiger partial charge >= 0.3 is 11.9 Å². The maximum Gasteiger partial charge on any atom is 0.358 e. The lowest BCUT2D eigenvalue weighted by molar-refractivity contribution is -0.163. The first kappa shape index (κ1) is 20.9. The Morgan fingerprint density at radius 1 is 1.37 bits per heavy atom. The first-order valence-corrected chi connectivity index (χ1v) is 10.6. The second kappa shape index (κ2) is 7.71. The van der Waals surface area contributed by atoms with Gasteiger partial charge in [0.25, 0.3) is 0 Å². The third-order valence-electron chi connectivity index (χ3n) is 5.99. The second-order valence-electron chi connectivity index (χ2n) is 8.02. The van der Waals surface area contributed by atoms with E-state index in [1.807, 2.05) is 6.92 Å². The molecule has 2 saturated heterocycles. The molecule has 0 spiro atoms. The van der Waals surface area contributed by atoms with Crippen LogP contribution in [-0.4, -0.2) is 78.6 Å². The predicted molar refractivity (Wildman–Crippen MR) is 104 cm³/mol. The number of nitrogens with zero attached hydrogens (tertiary/aromatic N) is 3. The number of carboxylic acid groups (broad SMARTS) is 2. The minimum atomic E-state index is -1.14. The number of β-lactam (4-membered cyclic amide) rings is 1. The van der Waals surface area contributed by atoms with Gasteiger partial charge < -0.3 is 24.7 Å². The Balaban J connectivity index is 1.44. The summed E-state index contributed by atoms with van der Waals surface area (Å²) >= 11 is 1.49. The molecule has 2 unspecified atom stereocenters. The van der Waals surface area contributed by atoms with Crippen LogP contribution in [0, 0.1) is 11.8 Å². The van der Waals surface area contributed by atoms with Crippen LogP contribution in [0.4, 0.5) is 0 Å². The molecule has 30 heavy (non-hydrogen) atoms. The maximum absolute atomic E-state index is 12.4. The molecule has 4 rings (SSSR count). The summed E-state index contributed by atoms with van der Waals surface area (Å²) < 4.78 is 5.07. The summed E-state index contributed by atoms with van der Waals surface area (Å²) in [5.74, 6) is -2.85. The molecule has 5 atom stereocenters. The number of aromatic nitrogens is 1. The largest absolute Gasteiger partial charge is 0.477 e. The highest BCUT2D eigenvalue weighted by molar-refractivity contribution is 8.03. The number of thioether (sulfide) groups is 1. The molecule has 11 heteroatoms. The highest BCUT2D eigenvalue weighted by Crippen LogP contribution is 2.51. The highest BCUT2D eigenvalue weighted by atomic mass is 32.2. The Hall–Kier alpha value is -2.37. The van der Waals surface area contributed by atoms with E-state index in [1.165, 1.54) is 22.7 Å². The number of carbonyl (C=O) groups is 3. The van der Waals surface area contributed by atoms with E-state index in [9.17, 15) is 24.6 Å². The number of likely N-dealkylation sites (tertiary alicyclic amines) is 1. The molecule has 3 aliphatic rings. The van der Waals surface area contributed by atoms with Crippen LogP contribution in [-0.2, 0) is 16.1 Å². The van der Waals surface area contributed by atoms with Crippen LogP contribution in [0.25, 0.3) is 0 Å². The van der Waals surface area contributed by atoms with E-state index in [-0.39, 0.29) is 34.5 Å². The SMILES string of the molecule is C[C@H]1C(SC2CCN(Cc3cc(C(=O)O)no3)C2)=C(C(=O)O)N2C(=O)[C@H]([C@@H](C)O)C12. The molecule has 0 bridgehead atoms. The summed E-state index contributed by atoms with van der Waals surface area (Å²) in [6, 6.07) is 1.09. The second-order valence-corrected chi connectivity index (χ2v) is 9.36. The standard InChI is InChI=1S/C19H23N3O7S/c1-8-14-13(9(2)23)17(24)22(14)15(19(27)28)16(8)30-11-3-4-21(7-11)6-10-5-12(18(25)26)20-29-10/h5,8-9,11,13-14,23H,3-4,6-7H2,1-2H3,(H,25,26)(H,27,28)/t8-,9-,11?,13-,14?/m1/s1. The van der Waals surface area contributed by atoms with Crippen LogP contribution in [0.2, 0.25) is 0 Å². The number of fused-ring (bicyclic) bond motifs is 1. The molecule has 2 fully saturated rings. The number of rotatable bonds is 7. The number of aliphatic hydroxyl groups excluding tert-OH is 1. The molecule has 1 aromatic rings. The van der Waals surface area contributed by atoms with Gasteiger partial charge in [-0.1, -0.05) is 12.1 Å². The third-order valence-corrected chi connectivity index (χ3v) is 7.53. The number of amides is 1. The number of aliphatic hydroxyl groups is 1. The molecular formula is C19H23N3O7S. The van der Waals surface area contributed by atoms with Crippen molar-refractivity contribution in [3.8, 4) is 0 Å². The molecule has 0 aromatic carbocycles. The molecule has 0 aliphatic carbocycles. The van der Waals surface area contributed by atoms with Crippen LogP contribution in [0.3, 0.4) is 0 Å². The topological polar surface area (TPSA) is 144 Å². The Morgan fingerprint density at radius 2 is 2.10 bits per heavy atom. The fraction of sp³-hybridized carbons (Fsp3) is 0.579.